The minimum Gasteiger partial charge on any atom is -0.324 e. The zero-order valence-corrected chi connectivity index (χ0v) is 10.3. The summed E-state index contributed by atoms with van der Waals surface area (Å²) in [5.74, 6) is 6.91. The fourth-order valence-corrected chi connectivity index (χ4v) is 2.67. The van der Waals surface area contributed by atoms with Gasteiger partial charge in [-0.1, -0.05) is 11.8 Å². The van der Waals surface area contributed by atoms with E-state index in [2.05, 4.69) is 19.8 Å². The van der Waals surface area contributed by atoms with Crippen molar-refractivity contribution in [2.75, 3.05) is 5.43 Å². The van der Waals surface area contributed by atoms with Crippen molar-refractivity contribution >= 4 is 29.0 Å². The molecule has 0 spiro atoms. The molecule has 0 aromatic carbocycles. The third kappa shape index (κ3) is 2.91. The Morgan fingerprint density at radius 2 is 2.44 bits per heavy atom. The lowest BCUT2D eigenvalue weighted by molar-refractivity contribution is 1.10. The van der Waals surface area contributed by atoms with E-state index >= 15 is 0 Å². The summed E-state index contributed by atoms with van der Waals surface area (Å²) in [6, 6.07) is 3.74. The number of hydrazine groups is 1. The van der Waals surface area contributed by atoms with Crippen LogP contribution >= 0.6 is 23.3 Å². The van der Waals surface area contributed by atoms with E-state index in [4.69, 9.17) is 5.84 Å². The Labute approximate surface area is 102 Å². The molecular formula is C9H11N5S2. The summed E-state index contributed by atoms with van der Waals surface area (Å²) < 4.78 is 5.08. The van der Waals surface area contributed by atoms with Crippen LogP contribution in [-0.2, 0) is 5.75 Å². The molecule has 0 saturated carbocycles. The van der Waals surface area contributed by atoms with Gasteiger partial charge in [0.25, 0.3) is 0 Å². The first-order valence-corrected chi connectivity index (χ1v) is 6.38. The number of nitrogen functional groups attached to an aromatic ring is 1. The molecule has 3 N–H and O–H groups in total. The molecule has 0 aliphatic rings. The molecule has 0 amide bonds. The zero-order valence-electron chi connectivity index (χ0n) is 8.67. The van der Waals surface area contributed by atoms with Gasteiger partial charge in [-0.15, -0.1) is 0 Å². The lowest BCUT2D eigenvalue weighted by atomic mass is 10.3. The second-order valence-electron chi connectivity index (χ2n) is 3.08. The monoisotopic (exact) mass is 253 g/mol. The Morgan fingerprint density at radius 1 is 1.56 bits per heavy atom. The fourth-order valence-electron chi connectivity index (χ4n) is 1.12. The van der Waals surface area contributed by atoms with Gasteiger partial charge >= 0.3 is 0 Å². The highest BCUT2D eigenvalue weighted by atomic mass is 32.2. The summed E-state index contributed by atoms with van der Waals surface area (Å²) in [5.41, 5.74) is 4.42. The Kier molecular flexibility index (Phi) is 3.70. The van der Waals surface area contributed by atoms with Crippen molar-refractivity contribution in [3.8, 4) is 0 Å². The first-order valence-electron chi connectivity index (χ1n) is 4.62. The second kappa shape index (κ2) is 5.24. The van der Waals surface area contributed by atoms with Gasteiger partial charge in [-0.25, -0.2) is 4.98 Å². The largest absolute Gasteiger partial charge is 0.324 e. The predicted molar refractivity (Wildman–Crippen MR) is 66.3 cm³/mol. The Hall–Kier alpha value is -1.18. The highest BCUT2D eigenvalue weighted by Gasteiger charge is 2.03. The minimum atomic E-state index is 0.768. The van der Waals surface area contributed by atoms with Crippen molar-refractivity contribution in [2.24, 2.45) is 5.84 Å². The molecule has 2 heterocycles. The van der Waals surface area contributed by atoms with Gasteiger partial charge in [0, 0.05) is 11.9 Å². The van der Waals surface area contributed by atoms with Gasteiger partial charge in [0.1, 0.15) is 5.82 Å². The van der Waals surface area contributed by atoms with E-state index in [-0.39, 0.29) is 0 Å². The van der Waals surface area contributed by atoms with Crippen LogP contribution in [0.2, 0.25) is 0 Å². The van der Waals surface area contributed by atoms with Crippen LogP contribution in [0.15, 0.2) is 22.7 Å². The van der Waals surface area contributed by atoms with E-state index in [1.54, 1.807) is 18.0 Å². The number of nitrogens with zero attached hydrogens (tertiary/aromatic N) is 3. The summed E-state index contributed by atoms with van der Waals surface area (Å²) in [5, 5.41) is 0. The van der Waals surface area contributed by atoms with E-state index in [9.17, 15) is 0 Å². The fraction of sp³-hybridized carbons (Fsp3) is 0.222. The van der Waals surface area contributed by atoms with E-state index in [0.717, 1.165) is 27.3 Å². The summed E-state index contributed by atoms with van der Waals surface area (Å²) in [6.45, 7) is 1.89. The third-order valence-electron chi connectivity index (χ3n) is 1.84. The van der Waals surface area contributed by atoms with Gasteiger partial charge < -0.3 is 5.43 Å². The number of nitrogens with one attached hydrogen (secondary N) is 1. The van der Waals surface area contributed by atoms with Crippen molar-refractivity contribution in [3.63, 3.8) is 0 Å². The number of pyridine rings is 1. The van der Waals surface area contributed by atoms with Crippen LogP contribution < -0.4 is 11.3 Å². The number of anilines is 1. The Balaban J connectivity index is 1.99. The SMILES string of the molecule is Cc1nsc(SCc2cc(NN)ccn2)n1. The molecule has 16 heavy (non-hydrogen) atoms. The average molecular weight is 253 g/mol. The van der Waals surface area contributed by atoms with E-state index < -0.39 is 0 Å². The van der Waals surface area contributed by atoms with Crippen molar-refractivity contribution in [2.45, 2.75) is 17.0 Å². The molecule has 2 rings (SSSR count). The van der Waals surface area contributed by atoms with Gasteiger partial charge in [-0.05, 0) is 30.6 Å². The number of thioether (sulfide) groups is 1. The van der Waals surface area contributed by atoms with Crippen molar-refractivity contribution in [1.82, 2.24) is 14.3 Å². The molecule has 0 fully saturated rings. The summed E-state index contributed by atoms with van der Waals surface area (Å²) in [7, 11) is 0. The van der Waals surface area contributed by atoms with Crippen molar-refractivity contribution in [1.29, 1.82) is 0 Å². The van der Waals surface area contributed by atoms with Crippen LogP contribution in [0.4, 0.5) is 5.69 Å². The quantitative estimate of drug-likeness (QED) is 0.492. The second-order valence-corrected chi connectivity index (χ2v) is 5.05. The van der Waals surface area contributed by atoms with E-state index in [1.807, 2.05) is 19.1 Å². The normalized spacial score (nSPS) is 10.4. The number of nitrogens with two attached hydrogens (primary N) is 1. The van der Waals surface area contributed by atoms with Crippen LogP contribution in [0.1, 0.15) is 11.5 Å². The smallest absolute Gasteiger partial charge is 0.170 e. The summed E-state index contributed by atoms with van der Waals surface area (Å²) in [6.07, 6.45) is 1.73. The molecule has 7 heteroatoms. The minimum absolute atomic E-state index is 0.768. The topological polar surface area (TPSA) is 76.7 Å². The predicted octanol–water partition coefficient (Wildman–Crippen LogP) is 1.82. The molecule has 0 bridgehead atoms. The summed E-state index contributed by atoms with van der Waals surface area (Å²) >= 11 is 3.04. The zero-order chi connectivity index (χ0) is 11.4. The van der Waals surface area contributed by atoms with Crippen LogP contribution in [-0.4, -0.2) is 14.3 Å². The van der Waals surface area contributed by atoms with Gasteiger partial charge in [0.15, 0.2) is 4.34 Å². The lowest BCUT2D eigenvalue weighted by Crippen LogP contribution is -2.07. The lowest BCUT2D eigenvalue weighted by Gasteiger charge is -2.01. The molecular weight excluding hydrogens is 242 g/mol. The maximum absolute atomic E-state index is 5.32. The van der Waals surface area contributed by atoms with Gasteiger partial charge in [-0.3, -0.25) is 10.8 Å². The number of hydrogen-bond donors (Lipinski definition) is 2. The Morgan fingerprint density at radius 3 is 3.12 bits per heavy atom. The third-order valence-corrected chi connectivity index (χ3v) is 3.79. The molecule has 2 aromatic heterocycles. The van der Waals surface area contributed by atoms with Crippen LogP contribution in [0.25, 0.3) is 0 Å². The number of aryl methyl sites for hydroxylation is 1. The standard InChI is InChI=1S/C9H11N5S2/c1-6-12-9(16-14-6)15-5-8-4-7(13-10)2-3-11-8/h2-4H,5,10H2,1H3,(H,11,13). The Bertz CT molecular complexity index is 470. The molecule has 0 aliphatic heterocycles. The van der Waals surface area contributed by atoms with Crippen LogP contribution in [0.5, 0.6) is 0 Å². The number of aromatic nitrogens is 3. The van der Waals surface area contributed by atoms with E-state index in [0.29, 0.717) is 0 Å². The molecule has 0 unspecified atom stereocenters. The first-order chi connectivity index (χ1) is 7.78. The summed E-state index contributed by atoms with van der Waals surface area (Å²) in [4.78, 5) is 8.52. The van der Waals surface area contributed by atoms with Gasteiger partial charge in [0.05, 0.1) is 11.4 Å². The highest BCUT2D eigenvalue weighted by molar-refractivity contribution is 8.00. The molecule has 0 saturated heterocycles. The van der Waals surface area contributed by atoms with Crippen LogP contribution in [0.3, 0.4) is 0 Å². The molecule has 2 aromatic rings. The molecule has 0 aliphatic carbocycles. The van der Waals surface area contributed by atoms with E-state index in [1.165, 1.54) is 11.5 Å². The molecule has 0 atom stereocenters. The highest BCUT2D eigenvalue weighted by Crippen LogP contribution is 2.24. The maximum Gasteiger partial charge on any atom is 0.170 e. The number of rotatable bonds is 4. The molecule has 5 nitrogen and oxygen atoms in total. The number of hydrogen-bond acceptors (Lipinski definition) is 7. The van der Waals surface area contributed by atoms with Gasteiger partial charge in [0.2, 0.25) is 0 Å². The average Bonchev–Trinajstić information content (AvgIpc) is 2.73. The van der Waals surface area contributed by atoms with Crippen molar-refractivity contribution < 1.29 is 0 Å². The molecule has 84 valence electrons. The van der Waals surface area contributed by atoms with Gasteiger partial charge in [-0.2, -0.15) is 4.37 Å². The first kappa shape index (κ1) is 11.3. The van der Waals surface area contributed by atoms with Crippen LogP contribution in [0, 0.1) is 6.92 Å². The molecule has 0 radical (unpaired) electrons. The van der Waals surface area contributed by atoms with Crippen molar-refractivity contribution in [3.05, 3.63) is 29.8 Å². The maximum atomic E-state index is 5.32.